The first-order chi connectivity index (χ1) is 24.6. The standard InChI is InChI=1S/C25H19N2.C22H12S.Na/c26-24-14-8-7-13-23(24)25(27)22-16-20(18-9-3-1-4-10-18)15-21(17-22)19-11-5-2-6-12-19;1-2-8-15(9-3-1)19-14-21-22(17-11-5-4-10-16(17)19)18-12-6-7-13-20(18)23-21;/h1-17,26-27H;1-8,10-13H;/q-1;-2;+1. The van der Waals surface area contributed by atoms with Crippen molar-refractivity contribution in [3.8, 4) is 33.4 Å². The molecule has 1 heterocycles. The molecule has 51 heavy (non-hydrogen) atoms. The molecule has 0 atom stereocenters. The summed E-state index contributed by atoms with van der Waals surface area (Å²) in [5, 5.41) is 13.9. The van der Waals surface area contributed by atoms with Gasteiger partial charge in [0, 0.05) is 10.3 Å². The van der Waals surface area contributed by atoms with Gasteiger partial charge in [0.05, 0.1) is 5.71 Å². The minimum absolute atomic E-state index is 0. The molecule has 1 aromatic heterocycles. The third-order valence-corrected chi connectivity index (χ3v) is 10.00. The minimum Gasteiger partial charge on any atom is -0.698 e. The van der Waals surface area contributed by atoms with Crippen LogP contribution in [0.4, 0.5) is 5.69 Å². The van der Waals surface area contributed by atoms with Gasteiger partial charge in [0.15, 0.2) is 0 Å². The van der Waals surface area contributed by atoms with Crippen LogP contribution < -0.4 is 29.6 Å². The zero-order valence-electron chi connectivity index (χ0n) is 28.2. The van der Waals surface area contributed by atoms with Gasteiger partial charge in [0.2, 0.25) is 0 Å². The molecule has 0 amide bonds. The monoisotopic (exact) mass is 678 g/mol. The van der Waals surface area contributed by atoms with Crippen LogP contribution in [0, 0.1) is 17.5 Å². The molecular formula is C47H31N2NaS-2. The number of benzene rings is 8. The van der Waals surface area contributed by atoms with Crippen molar-refractivity contribution in [1.82, 2.24) is 0 Å². The van der Waals surface area contributed by atoms with Gasteiger partial charge in [0.25, 0.3) is 0 Å². The topological polar surface area (TPSA) is 47.7 Å². The van der Waals surface area contributed by atoms with Crippen molar-refractivity contribution in [2.24, 2.45) is 0 Å². The van der Waals surface area contributed by atoms with E-state index in [1.165, 1.54) is 30.9 Å². The predicted molar refractivity (Wildman–Crippen MR) is 214 cm³/mol. The molecule has 238 valence electrons. The maximum absolute atomic E-state index is 8.71. The summed E-state index contributed by atoms with van der Waals surface area (Å²) in [6.45, 7) is 0. The molecule has 4 heteroatoms. The molecule has 0 spiro atoms. The van der Waals surface area contributed by atoms with Crippen LogP contribution in [0.5, 0.6) is 0 Å². The first-order valence-corrected chi connectivity index (χ1v) is 17.3. The van der Waals surface area contributed by atoms with Gasteiger partial charge in [-0.1, -0.05) is 131 Å². The van der Waals surface area contributed by atoms with Gasteiger partial charge in [-0.3, -0.25) is 5.41 Å². The van der Waals surface area contributed by atoms with Crippen LogP contribution in [0.25, 0.3) is 70.1 Å². The average molecular weight is 679 g/mol. The normalized spacial score (nSPS) is 10.7. The molecule has 9 rings (SSSR count). The van der Waals surface area contributed by atoms with Gasteiger partial charge < -0.3 is 5.73 Å². The van der Waals surface area contributed by atoms with Crippen molar-refractivity contribution in [3.63, 3.8) is 0 Å². The second kappa shape index (κ2) is 15.3. The van der Waals surface area contributed by atoms with Crippen molar-refractivity contribution < 1.29 is 29.6 Å². The van der Waals surface area contributed by atoms with Gasteiger partial charge in [-0.25, -0.2) is 11.1 Å². The molecule has 0 aliphatic carbocycles. The number of nitrogens with one attached hydrogen (secondary N) is 2. The van der Waals surface area contributed by atoms with Gasteiger partial charge >= 0.3 is 29.6 Å². The third-order valence-electron chi connectivity index (χ3n) is 8.91. The Bertz CT molecular complexity index is 2550. The van der Waals surface area contributed by atoms with Crippen molar-refractivity contribution in [3.05, 3.63) is 205 Å². The third kappa shape index (κ3) is 7.03. The molecule has 0 saturated carbocycles. The van der Waals surface area contributed by atoms with Gasteiger partial charge in [-0.05, 0) is 57.5 Å². The molecular weight excluding hydrogens is 648 g/mol. The zero-order chi connectivity index (χ0) is 33.9. The zero-order valence-corrected chi connectivity index (χ0v) is 31.0. The van der Waals surface area contributed by atoms with Gasteiger partial charge in [-0.15, -0.1) is 28.6 Å². The summed E-state index contributed by atoms with van der Waals surface area (Å²) in [4.78, 5) is 0. The summed E-state index contributed by atoms with van der Waals surface area (Å²) >= 11 is 1.82. The van der Waals surface area contributed by atoms with Crippen LogP contribution in [0.3, 0.4) is 0 Å². The number of fused-ring (bicyclic) bond motifs is 5. The summed E-state index contributed by atoms with van der Waals surface area (Å²) in [5.41, 5.74) is 16.9. The maximum atomic E-state index is 8.71. The van der Waals surface area contributed by atoms with Gasteiger partial charge in [0.1, 0.15) is 0 Å². The Balaban J connectivity index is 0.000000158. The van der Waals surface area contributed by atoms with Crippen LogP contribution >= 0.6 is 11.3 Å². The summed E-state index contributed by atoms with van der Waals surface area (Å²) in [6, 6.07) is 66.3. The van der Waals surface area contributed by atoms with E-state index in [-0.39, 0.29) is 29.6 Å². The van der Waals surface area contributed by atoms with E-state index in [9.17, 15) is 0 Å². The Morgan fingerprint density at radius 2 is 1.12 bits per heavy atom. The molecule has 2 N–H and O–H groups in total. The van der Waals surface area contributed by atoms with Crippen LogP contribution in [0.15, 0.2) is 176 Å². The number of rotatable bonds is 5. The average Bonchev–Trinajstić information content (AvgIpc) is 3.57. The molecule has 0 aliphatic heterocycles. The van der Waals surface area contributed by atoms with E-state index in [4.69, 9.17) is 11.1 Å². The molecule has 0 radical (unpaired) electrons. The smallest absolute Gasteiger partial charge is 0.698 e. The van der Waals surface area contributed by atoms with Crippen LogP contribution in [0.2, 0.25) is 0 Å². The fraction of sp³-hybridized carbons (Fsp3) is 0. The Labute approximate surface area is 324 Å². The number of hydrogen-bond donors (Lipinski definition) is 1. The molecule has 2 nitrogen and oxygen atoms in total. The Morgan fingerprint density at radius 1 is 0.549 bits per heavy atom. The van der Waals surface area contributed by atoms with Crippen molar-refractivity contribution in [2.45, 2.75) is 0 Å². The fourth-order valence-corrected chi connectivity index (χ4v) is 7.61. The first-order valence-electron chi connectivity index (χ1n) is 16.5. The minimum atomic E-state index is 0. The summed E-state index contributed by atoms with van der Waals surface area (Å²) in [5.74, 6) is 0. The van der Waals surface area contributed by atoms with Crippen LogP contribution in [-0.4, -0.2) is 5.71 Å². The second-order valence-electron chi connectivity index (χ2n) is 12.1. The SMILES string of the molecule is N=C(c1cc(-c2ccccc2)cc(-c2ccccc2)c1)c1ccccc1[NH-].[Na+].[c-]1ccccc1-c1[c-]c2sc3ccccc3c2c2ccccc12. The molecule has 0 unspecified atom stereocenters. The number of hydrogen-bond acceptors (Lipinski definition) is 2. The fourth-order valence-electron chi connectivity index (χ4n) is 6.49. The first kappa shape index (κ1) is 34.2. The number of thiophene rings is 1. The van der Waals surface area contributed by atoms with E-state index in [1.807, 2.05) is 90.2 Å². The van der Waals surface area contributed by atoms with E-state index < -0.39 is 0 Å². The van der Waals surface area contributed by atoms with E-state index in [1.54, 1.807) is 6.07 Å². The largest absolute Gasteiger partial charge is 1.00 e. The molecule has 0 aliphatic rings. The molecule has 0 saturated heterocycles. The van der Waals surface area contributed by atoms with Gasteiger partial charge in [-0.2, -0.15) is 41.7 Å². The quantitative estimate of drug-likeness (QED) is 0.107. The summed E-state index contributed by atoms with van der Waals surface area (Å²) in [7, 11) is 0. The molecule has 0 fully saturated rings. The van der Waals surface area contributed by atoms with E-state index in [2.05, 4.69) is 103 Å². The Hall–Kier alpha value is -5.29. The summed E-state index contributed by atoms with van der Waals surface area (Å²) < 4.78 is 2.54. The summed E-state index contributed by atoms with van der Waals surface area (Å²) in [6.07, 6.45) is 0. The van der Waals surface area contributed by atoms with E-state index in [0.717, 1.165) is 38.9 Å². The Morgan fingerprint density at radius 3 is 1.76 bits per heavy atom. The predicted octanol–water partition coefficient (Wildman–Crippen LogP) is 10.6. The van der Waals surface area contributed by atoms with E-state index in [0.29, 0.717) is 17.0 Å². The molecule has 0 bridgehead atoms. The van der Waals surface area contributed by atoms with Crippen molar-refractivity contribution in [2.75, 3.05) is 0 Å². The molecule has 9 aromatic rings. The van der Waals surface area contributed by atoms with Crippen molar-refractivity contribution in [1.29, 1.82) is 5.41 Å². The van der Waals surface area contributed by atoms with E-state index >= 15 is 0 Å². The molecule has 8 aromatic carbocycles. The van der Waals surface area contributed by atoms with Crippen LogP contribution in [0.1, 0.15) is 11.1 Å². The second-order valence-corrected chi connectivity index (χ2v) is 13.1. The van der Waals surface area contributed by atoms with Crippen molar-refractivity contribution >= 4 is 53.7 Å². The van der Waals surface area contributed by atoms with Crippen LogP contribution in [-0.2, 0) is 0 Å². The maximum Gasteiger partial charge on any atom is 1.00 e. The Kier molecular flexibility index (Phi) is 10.3.